The number of nitrogens with zero attached hydrogens (tertiary/aromatic N) is 2. The number of carboxylic acid groups (broad SMARTS) is 1. The van der Waals surface area contributed by atoms with Crippen molar-refractivity contribution in [3.05, 3.63) is 74.3 Å². The number of carboxylic acids is 1. The summed E-state index contributed by atoms with van der Waals surface area (Å²) in [6, 6.07) is 8.63. The summed E-state index contributed by atoms with van der Waals surface area (Å²) in [5.41, 5.74) is -0.460. The number of nitrogens with one attached hydrogen (secondary N) is 3. The first-order valence-electron chi connectivity index (χ1n) is 13.8. The molecule has 3 amide bonds. The Morgan fingerprint density at radius 2 is 1.67 bits per heavy atom. The second-order valence-electron chi connectivity index (χ2n) is 9.66. The highest BCUT2D eigenvalue weighted by molar-refractivity contribution is 7.99. The van der Waals surface area contributed by atoms with E-state index >= 15 is 0 Å². The van der Waals surface area contributed by atoms with Crippen LogP contribution in [0.4, 0.5) is 16.2 Å². The summed E-state index contributed by atoms with van der Waals surface area (Å²) in [5.74, 6) is -4.18. The van der Waals surface area contributed by atoms with E-state index in [9.17, 15) is 49.3 Å². The SMILES string of the molecule is CCC(C)OC(=O)CNC(=O)[C@H](CSc1ccc([N+](=O)[O-])cc1[N+](=O)[O-])NC(=O)CC[C@H](NC(=O)OCc1ccccc1)C(=O)O. The summed E-state index contributed by atoms with van der Waals surface area (Å²) in [5, 5.41) is 39.0. The van der Waals surface area contributed by atoms with Crippen LogP contribution in [-0.2, 0) is 35.3 Å². The van der Waals surface area contributed by atoms with Gasteiger partial charge in [-0.1, -0.05) is 37.3 Å². The van der Waals surface area contributed by atoms with Crippen molar-refractivity contribution in [2.45, 2.75) is 62.8 Å². The predicted octanol–water partition coefficient (Wildman–Crippen LogP) is 2.70. The van der Waals surface area contributed by atoms with Gasteiger partial charge in [-0.3, -0.25) is 34.6 Å². The molecule has 2 aromatic carbocycles. The van der Waals surface area contributed by atoms with Crippen LogP contribution >= 0.6 is 11.8 Å². The average Bonchev–Trinajstić information content (AvgIpc) is 3.02. The number of benzene rings is 2. The van der Waals surface area contributed by atoms with Gasteiger partial charge in [-0.05, 0) is 31.4 Å². The molecule has 2 aromatic rings. The van der Waals surface area contributed by atoms with Crippen LogP contribution in [-0.4, -0.2) is 75.3 Å². The van der Waals surface area contributed by atoms with Gasteiger partial charge in [0.1, 0.15) is 25.2 Å². The van der Waals surface area contributed by atoms with Crippen molar-refractivity contribution < 1.29 is 48.4 Å². The Morgan fingerprint density at radius 3 is 2.28 bits per heavy atom. The number of non-ortho nitro benzene ring substituents is 1. The van der Waals surface area contributed by atoms with E-state index in [1.54, 1.807) is 44.2 Å². The first kappa shape index (κ1) is 36.9. The topological polar surface area (TPSA) is 246 Å². The molecule has 0 saturated carbocycles. The number of aliphatic carboxylic acids is 1. The minimum Gasteiger partial charge on any atom is -0.480 e. The fourth-order valence-electron chi connectivity index (χ4n) is 3.58. The van der Waals surface area contributed by atoms with Gasteiger partial charge in [-0.15, -0.1) is 11.8 Å². The minimum absolute atomic E-state index is 0.0389. The lowest BCUT2D eigenvalue weighted by Gasteiger charge is -2.19. The molecule has 0 saturated heterocycles. The Balaban J connectivity index is 2.09. The molecule has 17 nitrogen and oxygen atoms in total. The first-order chi connectivity index (χ1) is 21.8. The summed E-state index contributed by atoms with van der Waals surface area (Å²) in [6.45, 7) is 2.77. The summed E-state index contributed by atoms with van der Waals surface area (Å²) >= 11 is 0.740. The molecule has 1 unspecified atom stereocenters. The fraction of sp³-hybridized carbons (Fsp3) is 0.393. The number of amides is 3. The number of carbonyl (C=O) groups is 5. The second-order valence-corrected chi connectivity index (χ2v) is 10.7. The monoisotopic (exact) mass is 663 g/mol. The van der Waals surface area contributed by atoms with E-state index in [1.165, 1.54) is 0 Å². The fourth-order valence-corrected chi connectivity index (χ4v) is 4.60. The lowest BCUT2D eigenvalue weighted by atomic mass is 10.1. The second kappa shape index (κ2) is 18.5. The van der Waals surface area contributed by atoms with Crippen LogP contribution in [0, 0.1) is 20.2 Å². The molecule has 0 aliphatic heterocycles. The normalized spacial score (nSPS) is 12.5. The number of nitro groups is 2. The van der Waals surface area contributed by atoms with Gasteiger partial charge in [0.25, 0.3) is 11.4 Å². The molecule has 3 atom stereocenters. The van der Waals surface area contributed by atoms with Gasteiger partial charge < -0.3 is 30.5 Å². The van der Waals surface area contributed by atoms with E-state index in [-0.39, 0.29) is 17.3 Å². The van der Waals surface area contributed by atoms with Gasteiger partial charge in [-0.25, -0.2) is 9.59 Å². The van der Waals surface area contributed by atoms with Crippen molar-refractivity contribution >= 4 is 53.0 Å². The van der Waals surface area contributed by atoms with Gasteiger partial charge >= 0.3 is 18.0 Å². The number of alkyl carbamates (subject to hydrolysis) is 1. The maximum Gasteiger partial charge on any atom is 0.408 e. The maximum absolute atomic E-state index is 13.0. The molecule has 0 radical (unpaired) electrons. The number of carbonyl (C=O) groups excluding carboxylic acids is 4. The molecule has 248 valence electrons. The van der Waals surface area contributed by atoms with E-state index < -0.39 is 88.6 Å². The van der Waals surface area contributed by atoms with E-state index in [4.69, 9.17) is 9.47 Å². The zero-order valence-electron chi connectivity index (χ0n) is 24.8. The molecule has 2 rings (SSSR count). The summed E-state index contributed by atoms with van der Waals surface area (Å²) < 4.78 is 10.1. The molecular weight excluding hydrogens is 630 g/mol. The van der Waals surface area contributed by atoms with Crippen LogP contribution in [0.5, 0.6) is 0 Å². The Bertz CT molecular complexity index is 1420. The molecule has 18 heteroatoms. The molecule has 4 N–H and O–H groups in total. The number of ether oxygens (including phenoxy) is 2. The number of hydrogen-bond donors (Lipinski definition) is 4. The Kier molecular flexibility index (Phi) is 14.9. The van der Waals surface area contributed by atoms with Crippen molar-refractivity contribution in [2.75, 3.05) is 12.3 Å². The smallest absolute Gasteiger partial charge is 0.408 e. The molecule has 0 fully saturated rings. The van der Waals surface area contributed by atoms with Gasteiger partial charge in [0.05, 0.1) is 26.9 Å². The van der Waals surface area contributed by atoms with Crippen molar-refractivity contribution in [1.82, 2.24) is 16.0 Å². The van der Waals surface area contributed by atoms with Crippen molar-refractivity contribution in [2.24, 2.45) is 0 Å². The highest BCUT2D eigenvalue weighted by Gasteiger charge is 2.27. The van der Waals surface area contributed by atoms with Crippen molar-refractivity contribution in [3.63, 3.8) is 0 Å². The van der Waals surface area contributed by atoms with Crippen molar-refractivity contribution in [1.29, 1.82) is 0 Å². The van der Waals surface area contributed by atoms with Crippen LogP contribution in [0.1, 0.15) is 38.7 Å². The summed E-state index contributed by atoms with van der Waals surface area (Å²) in [4.78, 5) is 82.5. The van der Waals surface area contributed by atoms with Crippen LogP contribution < -0.4 is 16.0 Å². The molecule has 0 heterocycles. The number of esters is 1. The molecule has 0 spiro atoms. The largest absolute Gasteiger partial charge is 0.480 e. The van der Waals surface area contributed by atoms with E-state index in [1.807, 2.05) is 0 Å². The third kappa shape index (κ3) is 12.8. The summed E-state index contributed by atoms with van der Waals surface area (Å²) in [6.07, 6.45) is -1.78. The zero-order valence-corrected chi connectivity index (χ0v) is 25.7. The van der Waals surface area contributed by atoms with Gasteiger partial charge in [0.2, 0.25) is 11.8 Å². The van der Waals surface area contributed by atoms with Crippen LogP contribution in [0.2, 0.25) is 0 Å². The lowest BCUT2D eigenvalue weighted by Crippen LogP contribution is -2.50. The molecule has 0 aliphatic rings. The third-order valence-electron chi connectivity index (χ3n) is 6.18. The number of nitro benzene ring substituents is 2. The van der Waals surface area contributed by atoms with E-state index in [2.05, 4.69) is 16.0 Å². The first-order valence-corrected chi connectivity index (χ1v) is 14.8. The zero-order chi connectivity index (χ0) is 34.2. The quantitative estimate of drug-likeness (QED) is 0.0776. The molecule has 0 aliphatic carbocycles. The Hall–Kier alpha value is -5.26. The van der Waals surface area contributed by atoms with E-state index in [0.717, 1.165) is 30.0 Å². The highest BCUT2D eigenvalue weighted by atomic mass is 32.2. The minimum atomic E-state index is -1.52. The summed E-state index contributed by atoms with van der Waals surface area (Å²) in [7, 11) is 0. The molecule has 0 aromatic heterocycles. The van der Waals surface area contributed by atoms with Crippen LogP contribution in [0.3, 0.4) is 0 Å². The Morgan fingerprint density at radius 1 is 0.978 bits per heavy atom. The highest BCUT2D eigenvalue weighted by Crippen LogP contribution is 2.32. The van der Waals surface area contributed by atoms with Gasteiger partial charge in [0, 0.05) is 18.2 Å². The van der Waals surface area contributed by atoms with E-state index in [0.29, 0.717) is 12.0 Å². The number of hydrogen-bond acceptors (Lipinski definition) is 12. The van der Waals surface area contributed by atoms with Gasteiger partial charge in [0.15, 0.2) is 0 Å². The number of thioether (sulfide) groups is 1. The Labute approximate surface area is 266 Å². The lowest BCUT2D eigenvalue weighted by molar-refractivity contribution is -0.396. The maximum atomic E-state index is 13.0. The molecular formula is C28H33N5O12S. The average molecular weight is 664 g/mol. The molecule has 0 bridgehead atoms. The van der Waals surface area contributed by atoms with Crippen LogP contribution in [0.25, 0.3) is 0 Å². The van der Waals surface area contributed by atoms with Gasteiger partial charge in [-0.2, -0.15) is 0 Å². The van der Waals surface area contributed by atoms with Crippen LogP contribution in [0.15, 0.2) is 53.4 Å². The molecule has 46 heavy (non-hydrogen) atoms. The standard InChI is InChI=1S/C28H33N5O12S/c1-3-17(2)45-25(35)14-29-26(36)21(16-46-23-11-9-19(32(40)41)13-22(23)33(42)43)30-24(34)12-10-20(27(37)38)31-28(39)44-15-18-7-5-4-6-8-18/h4-9,11,13,17,20-21H,3,10,12,14-16H2,1-2H3,(H,29,36)(H,30,34)(H,31,39)(H,37,38)/t17?,20-,21-/m0/s1. The number of rotatable bonds is 18. The van der Waals surface area contributed by atoms with Crippen molar-refractivity contribution in [3.8, 4) is 0 Å². The third-order valence-corrected chi connectivity index (χ3v) is 7.34. The predicted molar refractivity (Wildman–Crippen MR) is 162 cm³/mol.